The predicted octanol–water partition coefficient (Wildman–Crippen LogP) is 3.32. The highest BCUT2D eigenvalue weighted by Gasteiger charge is 2.36. The number of nitrogens with zero attached hydrogens (tertiary/aromatic N) is 1. The van der Waals surface area contributed by atoms with E-state index in [4.69, 9.17) is 0 Å². The molecule has 1 saturated heterocycles. The zero-order valence-corrected chi connectivity index (χ0v) is 12.5. The van der Waals surface area contributed by atoms with Crippen LogP contribution in [0.15, 0.2) is 18.2 Å². The quantitative estimate of drug-likeness (QED) is 0.911. The fourth-order valence-electron chi connectivity index (χ4n) is 2.77. The molecule has 0 aliphatic carbocycles. The van der Waals surface area contributed by atoms with Gasteiger partial charge in [-0.15, -0.1) is 0 Å². The third-order valence-electron chi connectivity index (χ3n) is 4.60. The first-order valence-electron chi connectivity index (χ1n) is 7.41. The van der Waals surface area contributed by atoms with Gasteiger partial charge in [-0.25, -0.2) is 8.78 Å². The van der Waals surface area contributed by atoms with Gasteiger partial charge in [0, 0.05) is 36.8 Å². The van der Waals surface area contributed by atoms with Crippen molar-refractivity contribution in [3.63, 3.8) is 0 Å². The zero-order valence-electron chi connectivity index (χ0n) is 12.5. The fraction of sp³-hybridized carbons (Fsp3) is 0.625. The van der Waals surface area contributed by atoms with Crippen molar-refractivity contribution in [3.05, 3.63) is 35.4 Å². The smallest absolute Gasteiger partial charge is 0.127 e. The molecule has 0 saturated carbocycles. The van der Waals surface area contributed by atoms with E-state index in [2.05, 4.69) is 31.0 Å². The Hall–Kier alpha value is -1.00. The van der Waals surface area contributed by atoms with Crippen LogP contribution >= 0.6 is 0 Å². The molecule has 2 atom stereocenters. The summed E-state index contributed by atoms with van der Waals surface area (Å²) in [5.74, 6) is -0.696. The molecule has 0 radical (unpaired) electrons. The molecule has 1 aromatic rings. The summed E-state index contributed by atoms with van der Waals surface area (Å²) in [5, 5.41) is 3.54. The van der Waals surface area contributed by atoms with Gasteiger partial charge >= 0.3 is 0 Å². The first-order valence-corrected chi connectivity index (χ1v) is 7.41. The van der Waals surface area contributed by atoms with Gasteiger partial charge in [-0.05, 0) is 38.0 Å². The number of benzene rings is 1. The minimum Gasteiger partial charge on any atom is -0.311 e. The van der Waals surface area contributed by atoms with Crippen LogP contribution in [0.3, 0.4) is 0 Å². The van der Waals surface area contributed by atoms with E-state index in [1.54, 1.807) is 0 Å². The Bertz CT molecular complexity index is 464. The molecule has 112 valence electrons. The standard InChI is InChI=1S/C16H24F2N2/c1-4-14-10-20(16(3,5-2)11-19-14)9-12-8-13(17)6-7-15(12)18/h6-8,14,19H,4-5,9-11H2,1-3H3. The second kappa shape index (κ2) is 6.19. The van der Waals surface area contributed by atoms with E-state index in [1.165, 1.54) is 18.2 Å². The van der Waals surface area contributed by atoms with Crippen LogP contribution in [0.2, 0.25) is 0 Å². The van der Waals surface area contributed by atoms with E-state index >= 15 is 0 Å². The van der Waals surface area contributed by atoms with Crippen LogP contribution in [0.4, 0.5) is 8.78 Å². The molecule has 1 aliphatic rings. The van der Waals surface area contributed by atoms with Crippen molar-refractivity contribution in [1.29, 1.82) is 0 Å². The van der Waals surface area contributed by atoms with E-state index in [-0.39, 0.29) is 17.2 Å². The van der Waals surface area contributed by atoms with Crippen molar-refractivity contribution in [1.82, 2.24) is 10.2 Å². The van der Waals surface area contributed by atoms with E-state index in [1.807, 2.05) is 0 Å². The summed E-state index contributed by atoms with van der Waals surface area (Å²) in [6.45, 7) is 8.70. The summed E-state index contributed by atoms with van der Waals surface area (Å²) in [5.41, 5.74) is 0.436. The Labute approximate surface area is 120 Å². The van der Waals surface area contributed by atoms with Gasteiger partial charge in [0.2, 0.25) is 0 Å². The molecule has 0 amide bonds. The molecule has 1 fully saturated rings. The molecule has 1 aliphatic heterocycles. The molecule has 1 heterocycles. The molecule has 1 N–H and O–H groups in total. The van der Waals surface area contributed by atoms with Crippen molar-refractivity contribution in [2.75, 3.05) is 13.1 Å². The summed E-state index contributed by atoms with van der Waals surface area (Å²) in [6, 6.07) is 4.12. The molecular formula is C16H24F2N2. The van der Waals surface area contributed by atoms with Crippen LogP contribution < -0.4 is 5.32 Å². The molecule has 2 nitrogen and oxygen atoms in total. The van der Waals surface area contributed by atoms with Gasteiger partial charge in [0.15, 0.2) is 0 Å². The van der Waals surface area contributed by atoms with Gasteiger partial charge in [0.1, 0.15) is 11.6 Å². The molecular weight excluding hydrogens is 258 g/mol. The summed E-state index contributed by atoms with van der Waals surface area (Å²) < 4.78 is 27.2. The Balaban J connectivity index is 2.20. The van der Waals surface area contributed by atoms with E-state index in [0.29, 0.717) is 18.2 Å². The van der Waals surface area contributed by atoms with E-state index in [0.717, 1.165) is 25.9 Å². The lowest BCUT2D eigenvalue weighted by Gasteiger charge is -2.48. The van der Waals surface area contributed by atoms with Gasteiger partial charge in [-0.1, -0.05) is 13.8 Å². The van der Waals surface area contributed by atoms with Crippen molar-refractivity contribution in [2.24, 2.45) is 0 Å². The van der Waals surface area contributed by atoms with E-state index in [9.17, 15) is 8.78 Å². The van der Waals surface area contributed by atoms with Gasteiger partial charge in [0.05, 0.1) is 0 Å². The molecule has 20 heavy (non-hydrogen) atoms. The average Bonchev–Trinajstić information content (AvgIpc) is 2.45. The first kappa shape index (κ1) is 15.4. The lowest BCUT2D eigenvalue weighted by Crippen LogP contribution is -2.62. The minimum atomic E-state index is -0.373. The lowest BCUT2D eigenvalue weighted by atomic mass is 9.91. The molecule has 0 aromatic heterocycles. The number of nitrogens with one attached hydrogen (secondary N) is 1. The fourth-order valence-corrected chi connectivity index (χ4v) is 2.77. The second-order valence-electron chi connectivity index (χ2n) is 5.95. The summed E-state index contributed by atoms with van der Waals surface area (Å²) >= 11 is 0. The lowest BCUT2D eigenvalue weighted by molar-refractivity contribution is 0.0399. The Kier molecular flexibility index (Phi) is 4.76. The highest BCUT2D eigenvalue weighted by molar-refractivity contribution is 5.19. The maximum absolute atomic E-state index is 13.9. The highest BCUT2D eigenvalue weighted by Crippen LogP contribution is 2.26. The first-order chi connectivity index (χ1) is 9.48. The summed E-state index contributed by atoms with van der Waals surface area (Å²) in [4.78, 5) is 2.29. The minimum absolute atomic E-state index is 0.00950. The number of hydrogen-bond donors (Lipinski definition) is 1. The summed E-state index contributed by atoms with van der Waals surface area (Å²) in [6.07, 6.45) is 2.02. The molecule has 1 aromatic carbocycles. The van der Waals surface area contributed by atoms with Gasteiger partial charge in [-0.2, -0.15) is 0 Å². The van der Waals surface area contributed by atoms with Gasteiger partial charge < -0.3 is 5.32 Å². The summed E-state index contributed by atoms with van der Waals surface area (Å²) in [7, 11) is 0. The van der Waals surface area contributed by atoms with Crippen molar-refractivity contribution in [3.8, 4) is 0 Å². The number of halogens is 2. The number of rotatable bonds is 4. The normalized spacial score (nSPS) is 27.8. The third-order valence-corrected chi connectivity index (χ3v) is 4.60. The molecule has 2 unspecified atom stereocenters. The van der Waals surface area contributed by atoms with Crippen LogP contribution in [0, 0.1) is 11.6 Å². The van der Waals surface area contributed by atoms with Gasteiger partial charge in [-0.3, -0.25) is 4.90 Å². The zero-order chi connectivity index (χ0) is 14.8. The predicted molar refractivity (Wildman–Crippen MR) is 77.5 cm³/mol. The Morgan fingerprint density at radius 2 is 2.10 bits per heavy atom. The monoisotopic (exact) mass is 282 g/mol. The van der Waals surface area contributed by atoms with Crippen LogP contribution in [0.5, 0.6) is 0 Å². The molecule has 0 bridgehead atoms. The van der Waals surface area contributed by atoms with Crippen molar-refractivity contribution in [2.45, 2.75) is 51.7 Å². The SMILES string of the molecule is CCC1CN(Cc2cc(F)ccc2F)C(C)(CC)CN1. The third kappa shape index (κ3) is 3.18. The van der Waals surface area contributed by atoms with E-state index < -0.39 is 0 Å². The largest absolute Gasteiger partial charge is 0.311 e. The molecule has 2 rings (SSSR count). The maximum Gasteiger partial charge on any atom is 0.127 e. The highest BCUT2D eigenvalue weighted by atomic mass is 19.1. The van der Waals surface area contributed by atoms with Gasteiger partial charge in [0.25, 0.3) is 0 Å². The van der Waals surface area contributed by atoms with Crippen molar-refractivity contribution < 1.29 is 8.78 Å². The molecule has 4 heteroatoms. The Morgan fingerprint density at radius 1 is 1.35 bits per heavy atom. The number of piperazine rings is 1. The topological polar surface area (TPSA) is 15.3 Å². The van der Waals surface area contributed by atoms with Crippen molar-refractivity contribution >= 4 is 0 Å². The van der Waals surface area contributed by atoms with Crippen LogP contribution in [-0.2, 0) is 6.54 Å². The average molecular weight is 282 g/mol. The van der Waals surface area contributed by atoms with Crippen LogP contribution in [0.1, 0.15) is 39.2 Å². The maximum atomic E-state index is 13.9. The molecule has 0 spiro atoms. The second-order valence-corrected chi connectivity index (χ2v) is 5.95. The van der Waals surface area contributed by atoms with Crippen LogP contribution in [-0.4, -0.2) is 29.6 Å². The van der Waals surface area contributed by atoms with Crippen LogP contribution in [0.25, 0.3) is 0 Å². The Morgan fingerprint density at radius 3 is 2.75 bits per heavy atom. The number of hydrogen-bond acceptors (Lipinski definition) is 2.